The van der Waals surface area contributed by atoms with Crippen LogP contribution in [0.4, 0.5) is 5.69 Å². The number of carbonyl (C=O) groups is 2. The Kier molecular flexibility index (Phi) is 17.1. The summed E-state index contributed by atoms with van der Waals surface area (Å²) in [4.78, 5) is 26.0. The fourth-order valence-corrected chi connectivity index (χ4v) is 1.91. The van der Waals surface area contributed by atoms with Crippen molar-refractivity contribution < 1.29 is 9.59 Å². The minimum absolute atomic E-state index is 0.0166. The number of nitrogens with two attached hydrogens (primary N) is 2. The normalized spacial score (nSPS) is 10.1. The van der Waals surface area contributed by atoms with Gasteiger partial charge in [-0.15, -0.1) is 0 Å². The van der Waals surface area contributed by atoms with Gasteiger partial charge in [-0.3, -0.25) is 14.6 Å². The van der Waals surface area contributed by atoms with Crippen LogP contribution in [0, 0.1) is 5.92 Å². The van der Waals surface area contributed by atoms with E-state index < -0.39 is 0 Å². The zero-order chi connectivity index (χ0) is 23.5. The van der Waals surface area contributed by atoms with Crippen LogP contribution in [0.5, 0.6) is 0 Å². The molecule has 6 N–H and O–H groups in total. The number of hydrogen-bond acceptors (Lipinski definition) is 5. The summed E-state index contributed by atoms with van der Waals surface area (Å²) in [5, 5.41) is 7.34. The minimum Gasteiger partial charge on any atom is -0.405 e. The highest BCUT2D eigenvalue weighted by Crippen LogP contribution is 2.22. The second-order valence-electron chi connectivity index (χ2n) is 5.73. The van der Waals surface area contributed by atoms with Crippen molar-refractivity contribution in [1.29, 1.82) is 0 Å². The summed E-state index contributed by atoms with van der Waals surface area (Å²) in [6, 6.07) is 7.71. The third kappa shape index (κ3) is 12.2. The molecule has 0 atom stereocenters. The SMILES string of the molecule is CC.CC.CC(=O)N/C(N)=C/C=C\N.CC(C)C(=O)Nc1cccc2cnccc12. The second kappa shape index (κ2) is 17.7. The Morgan fingerprint density at radius 2 is 1.73 bits per heavy atom. The highest BCUT2D eigenvalue weighted by molar-refractivity contribution is 6.02. The molecule has 1 aromatic heterocycles. The summed E-state index contributed by atoms with van der Waals surface area (Å²) in [5.41, 5.74) is 11.1. The zero-order valence-electron chi connectivity index (χ0n) is 19.2. The maximum atomic E-state index is 11.6. The van der Waals surface area contributed by atoms with Gasteiger partial charge in [0, 0.05) is 41.7 Å². The highest BCUT2D eigenvalue weighted by atomic mass is 16.2. The molecule has 0 saturated carbocycles. The number of aromatic nitrogens is 1. The van der Waals surface area contributed by atoms with Crippen molar-refractivity contribution in [2.75, 3.05) is 5.32 Å². The molecule has 0 fully saturated rings. The molecule has 0 aliphatic heterocycles. The molecule has 0 bridgehead atoms. The van der Waals surface area contributed by atoms with E-state index in [-0.39, 0.29) is 23.6 Å². The van der Waals surface area contributed by atoms with Gasteiger partial charge in [-0.05, 0) is 30.5 Å². The van der Waals surface area contributed by atoms with Crippen LogP contribution in [0.15, 0.2) is 60.8 Å². The third-order valence-corrected chi connectivity index (χ3v) is 3.17. The van der Waals surface area contributed by atoms with E-state index in [0.29, 0.717) is 0 Å². The van der Waals surface area contributed by atoms with E-state index in [1.807, 2.05) is 65.8 Å². The van der Waals surface area contributed by atoms with Gasteiger partial charge in [0.2, 0.25) is 11.8 Å². The smallest absolute Gasteiger partial charge is 0.226 e. The average molecular weight is 416 g/mol. The lowest BCUT2D eigenvalue weighted by Crippen LogP contribution is -2.24. The first-order valence-electron chi connectivity index (χ1n) is 10.1. The van der Waals surface area contributed by atoms with Crippen molar-refractivity contribution in [2.24, 2.45) is 17.4 Å². The van der Waals surface area contributed by atoms with Crippen LogP contribution in [0.1, 0.15) is 48.5 Å². The van der Waals surface area contributed by atoms with Crippen molar-refractivity contribution in [2.45, 2.75) is 48.5 Å². The molecular formula is C23H37N5O2. The Balaban J connectivity index is 0. The summed E-state index contributed by atoms with van der Waals surface area (Å²) in [6.07, 6.45) is 7.88. The molecule has 0 aliphatic rings. The van der Waals surface area contributed by atoms with Gasteiger partial charge in [0.25, 0.3) is 0 Å². The first-order valence-corrected chi connectivity index (χ1v) is 10.1. The Morgan fingerprint density at radius 1 is 1.10 bits per heavy atom. The molecule has 1 aromatic carbocycles. The average Bonchev–Trinajstić information content (AvgIpc) is 2.75. The van der Waals surface area contributed by atoms with E-state index in [9.17, 15) is 9.59 Å². The number of rotatable bonds is 4. The van der Waals surface area contributed by atoms with Crippen LogP contribution < -0.4 is 22.1 Å². The van der Waals surface area contributed by atoms with Gasteiger partial charge >= 0.3 is 0 Å². The number of anilines is 1. The summed E-state index contributed by atoms with van der Waals surface area (Å²) in [5.74, 6) is 0.106. The third-order valence-electron chi connectivity index (χ3n) is 3.17. The first kappa shape index (κ1) is 28.9. The zero-order valence-corrected chi connectivity index (χ0v) is 19.2. The molecule has 7 nitrogen and oxygen atoms in total. The largest absolute Gasteiger partial charge is 0.405 e. The van der Waals surface area contributed by atoms with Crippen LogP contribution in [0.25, 0.3) is 10.8 Å². The van der Waals surface area contributed by atoms with Crippen LogP contribution >= 0.6 is 0 Å². The fourth-order valence-electron chi connectivity index (χ4n) is 1.91. The Labute approximate surface area is 180 Å². The summed E-state index contributed by atoms with van der Waals surface area (Å²) < 4.78 is 0. The van der Waals surface area contributed by atoms with Gasteiger partial charge in [-0.25, -0.2) is 0 Å². The van der Waals surface area contributed by atoms with E-state index in [4.69, 9.17) is 11.5 Å². The molecule has 0 unspecified atom stereocenters. The first-order chi connectivity index (χ1) is 14.3. The number of pyridine rings is 1. The molecule has 2 rings (SSSR count). The van der Waals surface area contributed by atoms with E-state index in [2.05, 4.69) is 15.6 Å². The lowest BCUT2D eigenvalue weighted by molar-refractivity contribution is -0.119. The molecule has 7 heteroatoms. The van der Waals surface area contributed by atoms with Crippen LogP contribution in [-0.4, -0.2) is 16.8 Å². The van der Waals surface area contributed by atoms with Crippen LogP contribution in [0.3, 0.4) is 0 Å². The highest BCUT2D eigenvalue weighted by Gasteiger charge is 2.08. The minimum atomic E-state index is -0.195. The monoisotopic (exact) mass is 415 g/mol. The maximum absolute atomic E-state index is 11.6. The number of nitrogens with one attached hydrogen (secondary N) is 2. The predicted octanol–water partition coefficient (Wildman–Crippen LogP) is 4.28. The number of allylic oxidation sites excluding steroid dienone is 2. The number of amides is 2. The van der Waals surface area contributed by atoms with E-state index >= 15 is 0 Å². The Bertz CT molecular complexity index is 809. The fraction of sp³-hybridized carbons (Fsp3) is 0.348. The maximum Gasteiger partial charge on any atom is 0.226 e. The van der Waals surface area contributed by atoms with Crippen LogP contribution in [0.2, 0.25) is 0 Å². The molecule has 0 aliphatic carbocycles. The number of hydrogen-bond donors (Lipinski definition) is 4. The Morgan fingerprint density at radius 3 is 2.27 bits per heavy atom. The van der Waals surface area contributed by atoms with Crippen molar-refractivity contribution in [3.8, 4) is 0 Å². The molecule has 30 heavy (non-hydrogen) atoms. The molecule has 2 amide bonds. The molecule has 0 spiro atoms. The predicted molar refractivity (Wildman–Crippen MR) is 127 cm³/mol. The second-order valence-corrected chi connectivity index (χ2v) is 5.73. The van der Waals surface area contributed by atoms with Gasteiger partial charge in [-0.1, -0.05) is 53.7 Å². The lowest BCUT2D eigenvalue weighted by Gasteiger charge is -2.10. The summed E-state index contributed by atoms with van der Waals surface area (Å²) in [6.45, 7) is 13.1. The molecule has 1 heterocycles. The number of benzene rings is 1. The summed E-state index contributed by atoms with van der Waals surface area (Å²) >= 11 is 0. The standard InChI is InChI=1S/C13H14N2O.C6H11N3O.2C2H6/c1-9(2)13(16)15-12-5-3-4-10-8-14-7-6-11(10)12;1-5(10)9-6(8)3-2-4-7;2*1-2/h3-9H,1-2H3,(H,15,16);2-4H,7-8H2,1H3,(H,9,10);2*1-2H3/b;4-2-,6-3+;;. The van der Waals surface area contributed by atoms with Crippen molar-refractivity contribution in [3.63, 3.8) is 0 Å². The van der Waals surface area contributed by atoms with Crippen molar-refractivity contribution >= 4 is 28.3 Å². The number of nitrogens with zero attached hydrogens (tertiary/aromatic N) is 1. The van der Waals surface area contributed by atoms with Gasteiger partial charge in [0.15, 0.2) is 0 Å². The quantitative estimate of drug-likeness (QED) is 0.555. The molecular weight excluding hydrogens is 378 g/mol. The van der Waals surface area contributed by atoms with Gasteiger partial charge in [0.1, 0.15) is 5.82 Å². The molecule has 0 radical (unpaired) electrons. The molecule has 2 aromatic rings. The van der Waals surface area contributed by atoms with Crippen molar-refractivity contribution in [1.82, 2.24) is 10.3 Å². The Hall–Kier alpha value is -3.35. The van der Waals surface area contributed by atoms with Gasteiger partial charge in [0.05, 0.1) is 0 Å². The molecule has 0 saturated heterocycles. The van der Waals surface area contributed by atoms with Crippen LogP contribution in [-0.2, 0) is 9.59 Å². The van der Waals surface area contributed by atoms with Gasteiger partial charge in [-0.2, -0.15) is 0 Å². The number of carbonyl (C=O) groups excluding carboxylic acids is 2. The molecule has 166 valence electrons. The van der Waals surface area contributed by atoms with E-state index in [0.717, 1.165) is 16.5 Å². The van der Waals surface area contributed by atoms with Gasteiger partial charge < -0.3 is 22.1 Å². The lowest BCUT2D eigenvalue weighted by atomic mass is 10.1. The van der Waals surface area contributed by atoms with E-state index in [1.54, 1.807) is 12.4 Å². The topological polar surface area (TPSA) is 123 Å². The van der Waals surface area contributed by atoms with Crippen molar-refractivity contribution in [3.05, 3.63) is 60.8 Å². The number of fused-ring (bicyclic) bond motifs is 1. The summed E-state index contributed by atoms with van der Waals surface area (Å²) in [7, 11) is 0. The van der Waals surface area contributed by atoms with E-state index in [1.165, 1.54) is 25.3 Å².